The van der Waals surface area contributed by atoms with Gasteiger partial charge >= 0.3 is 0 Å². The van der Waals surface area contributed by atoms with E-state index in [4.69, 9.17) is 0 Å². The Balaban J connectivity index is 2.22. The molecule has 0 spiro atoms. The molecule has 19 heavy (non-hydrogen) atoms. The topological polar surface area (TPSA) is 20.2 Å². The molecule has 0 aliphatic rings. The molecule has 0 bridgehead atoms. The zero-order chi connectivity index (χ0) is 14.0. The van der Waals surface area contributed by atoms with Gasteiger partial charge in [0.25, 0.3) is 0 Å². The molecule has 2 aromatic rings. The molecule has 1 heteroatoms. The SMILES string of the molecule is Cc1cc(C)cc(CC(O)c2ccc(C)cc2C)c1. The zero-order valence-electron chi connectivity index (χ0n) is 12.2. The molecule has 0 heterocycles. The summed E-state index contributed by atoms with van der Waals surface area (Å²) in [5, 5.41) is 10.4. The van der Waals surface area contributed by atoms with Gasteiger partial charge in [-0.25, -0.2) is 0 Å². The van der Waals surface area contributed by atoms with Gasteiger partial charge in [-0.1, -0.05) is 53.1 Å². The van der Waals surface area contributed by atoms with Crippen LogP contribution in [0, 0.1) is 27.7 Å². The summed E-state index contributed by atoms with van der Waals surface area (Å²) >= 11 is 0. The fraction of sp³-hybridized carbons (Fsp3) is 0.333. The maximum Gasteiger partial charge on any atom is 0.0832 e. The summed E-state index contributed by atoms with van der Waals surface area (Å²) in [6.07, 6.45) is 0.244. The van der Waals surface area contributed by atoms with Crippen LogP contribution in [0.2, 0.25) is 0 Å². The number of hydrogen-bond acceptors (Lipinski definition) is 1. The monoisotopic (exact) mass is 254 g/mol. The van der Waals surface area contributed by atoms with Crippen molar-refractivity contribution in [2.75, 3.05) is 0 Å². The third-order valence-corrected chi connectivity index (χ3v) is 3.49. The van der Waals surface area contributed by atoms with Gasteiger partial charge in [0, 0.05) is 6.42 Å². The Bertz CT molecular complexity index is 564. The van der Waals surface area contributed by atoms with Crippen molar-refractivity contribution in [1.82, 2.24) is 0 Å². The van der Waals surface area contributed by atoms with E-state index in [0.717, 1.165) is 11.1 Å². The number of benzene rings is 2. The number of hydrogen-bond donors (Lipinski definition) is 1. The first-order chi connectivity index (χ1) is 8.95. The average molecular weight is 254 g/mol. The van der Waals surface area contributed by atoms with Crippen LogP contribution in [0.5, 0.6) is 0 Å². The van der Waals surface area contributed by atoms with E-state index in [0.29, 0.717) is 6.42 Å². The van der Waals surface area contributed by atoms with E-state index < -0.39 is 6.10 Å². The van der Waals surface area contributed by atoms with Gasteiger partial charge in [0.1, 0.15) is 0 Å². The highest BCUT2D eigenvalue weighted by Crippen LogP contribution is 2.23. The summed E-state index contributed by atoms with van der Waals surface area (Å²) in [7, 11) is 0. The minimum Gasteiger partial charge on any atom is -0.388 e. The minimum atomic E-state index is -0.429. The molecule has 0 aliphatic heterocycles. The first-order valence-electron chi connectivity index (χ1n) is 6.78. The Kier molecular flexibility index (Phi) is 4.06. The predicted octanol–water partition coefficient (Wildman–Crippen LogP) is 4.20. The third-order valence-electron chi connectivity index (χ3n) is 3.49. The van der Waals surface area contributed by atoms with Crippen LogP contribution in [0.4, 0.5) is 0 Å². The normalized spacial score (nSPS) is 12.5. The quantitative estimate of drug-likeness (QED) is 0.870. The zero-order valence-corrected chi connectivity index (χ0v) is 12.2. The largest absolute Gasteiger partial charge is 0.388 e. The van der Waals surface area contributed by atoms with Crippen molar-refractivity contribution in [1.29, 1.82) is 0 Å². The summed E-state index contributed by atoms with van der Waals surface area (Å²) in [6.45, 7) is 8.33. The van der Waals surface area contributed by atoms with Crippen LogP contribution in [-0.4, -0.2) is 5.11 Å². The smallest absolute Gasteiger partial charge is 0.0832 e. The second kappa shape index (κ2) is 5.58. The summed E-state index contributed by atoms with van der Waals surface area (Å²) in [6, 6.07) is 12.7. The molecule has 0 saturated heterocycles. The molecule has 0 amide bonds. The van der Waals surface area contributed by atoms with E-state index in [1.54, 1.807) is 0 Å². The molecule has 100 valence electrons. The van der Waals surface area contributed by atoms with Crippen LogP contribution in [0.1, 0.15) is 39.5 Å². The lowest BCUT2D eigenvalue weighted by molar-refractivity contribution is 0.177. The van der Waals surface area contributed by atoms with Crippen molar-refractivity contribution in [3.05, 3.63) is 69.8 Å². The van der Waals surface area contributed by atoms with E-state index in [1.165, 1.54) is 22.3 Å². The Labute approximate surface area is 115 Å². The highest BCUT2D eigenvalue weighted by atomic mass is 16.3. The lowest BCUT2D eigenvalue weighted by Crippen LogP contribution is -2.04. The first-order valence-corrected chi connectivity index (χ1v) is 6.78. The molecule has 1 N–H and O–H groups in total. The molecule has 1 nitrogen and oxygen atoms in total. The fourth-order valence-electron chi connectivity index (χ4n) is 2.72. The molecule has 0 aromatic heterocycles. The van der Waals surface area contributed by atoms with Crippen molar-refractivity contribution >= 4 is 0 Å². The van der Waals surface area contributed by atoms with Crippen molar-refractivity contribution in [3.8, 4) is 0 Å². The van der Waals surface area contributed by atoms with Crippen LogP contribution >= 0.6 is 0 Å². The summed E-state index contributed by atoms with van der Waals surface area (Å²) in [4.78, 5) is 0. The van der Waals surface area contributed by atoms with E-state index in [1.807, 2.05) is 6.07 Å². The van der Waals surface area contributed by atoms with Crippen LogP contribution in [0.3, 0.4) is 0 Å². The number of aryl methyl sites for hydroxylation is 4. The van der Waals surface area contributed by atoms with Crippen molar-refractivity contribution in [3.63, 3.8) is 0 Å². The van der Waals surface area contributed by atoms with Crippen molar-refractivity contribution < 1.29 is 5.11 Å². The lowest BCUT2D eigenvalue weighted by atomic mass is 9.95. The Hall–Kier alpha value is -1.60. The van der Waals surface area contributed by atoms with Crippen molar-refractivity contribution in [2.45, 2.75) is 40.2 Å². The lowest BCUT2D eigenvalue weighted by Gasteiger charge is -2.15. The van der Waals surface area contributed by atoms with E-state index in [2.05, 4.69) is 58.0 Å². The third kappa shape index (κ3) is 3.45. The second-order valence-corrected chi connectivity index (χ2v) is 5.58. The van der Waals surface area contributed by atoms with Crippen molar-refractivity contribution in [2.24, 2.45) is 0 Å². The molecule has 2 aromatic carbocycles. The van der Waals surface area contributed by atoms with E-state index in [9.17, 15) is 5.11 Å². The highest BCUT2D eigenvalue weighted by Gasteiger charge is 2.11. The van der Waals surface area contributed by atoms with Crippen LogP contribution < -0.4 is 0 Å². The van der Waals surface area contributed by atoms with E-state index in [-0.39, 0.29) is 0 Å². The number of aliphatic hydroxyl groups is 1. The van der Waals surface area contributed by atoms with E-state index >= 15 is 0 Å². The van der Waals surface area contributed by atoms with Gasteiger partial charge in [-0.3, -0.25) is 0 Å². The summed E-state index contributed by atoms with van der Waals surface area (Å²) < 4.78 is 0. The molecule has 0 saturated carbocycles. The van der Waals surface area contributed by atoms with Gasteiger partial charge in [-0.2, -0.15) is 0 Å². The fourth-order valence-corrected chi connectivity index (χ4v) is 2.72. The van der Waals surface area contributed by atoms with Gasteiger partial charge in [0.15, 0.2) is 0 Å². The molecule has 1 atom stereocenters. The molecular weight excluding hydrogens is 232 g/mol. The Morgan fingerprint density at radius 2 is 1.47 bits per heavy atom. The maximum absolute atomic E-state index is 10.4. The maximum atomic E-state index is 10.4. The van der Waals surface area contributed by atoms with Gasteiger partial charge in [0.05, 0.1) is 6.10 Å². The van der Waals surface area contributed by atoms with Gasteiger partial charge in [-0.15, -0.1) is 0 Å². The molecule has 2 rings (SSSR count). The minimum absolute atomic E-state index is 0.429. The molecule has 1 unspecified atom stereocenters. The molecule has 0 fully saturated rings. The van der Waals surface area contributed by atoms with Crippen LogP contribution in [0.25, 0.3) is 0 Å². The van der Waals surface area contributed by atoms with Gasteiger partial charge in [-0.05, 0) is 44.4 Å². The van der Waals surface area contributed by atoms with Crippen LogP contribution in [0.15, 0.2) is 36.4 Å². The number of rotatable bonds is 3. The number of aliphatic hydroxyl groups excluding tert-OH is 1. The molecule has 0 radical (unpaired) electrons. The Morgan fingerprint density at radius 3 is 2.05 bits per heavy atom. The average Bonchev–Trinajstić information content (AvgIpc) is 2.26. The standard InChI is InChI=1S/C18H22O/c1-12-5-6-17(15(4)8-12)18(19)11-16-9-13(2)7-14(3)10-16/h5-10,18-19H,11H2,1-4H3. The Morgan fingerprint density at radius 1 is 0.842 bits per heavy atom. The summed E-state index contributed by atoms with van der Waals surface area (Å²) in [5.41, 5.74) is 7.14. The van der Waals surface area contributed by atoms with Crippen LogP contribution in [-0.2, 0) is 6.42 Å². The van der Waals surface area contributed by atoms with Gasteiger partial charge < -0.3 is 5.11 Å². The summed E-state index contributed by atoms with van der Waals surface area (Å²) in [5.74, 6) is 0. The van der Waals surface area contributed by atoms with Gasteiger partial charge in [0.2, 0.25) is 0 Å². The highest BCUT2D eigenvalue weighted by molar-refractivity contribution is 5.34. The molecular formula is C18H22O. The first kappa shape index (κ1) is 13.8. The molecule has 0 aliphatic carbocycles. The second-order valence-electron chi connectivity index (χ2n) is 5.58. The predicted molar refractivity (Wildman–Crippen MR) is 80.5 cm³/mol.